The first-order chi connectivity index (χ1) is 6.70. The summed E-state index contributed by atoms with van der Waals surface area (Å²) >= 11 is 0. The fourth-order valence-corrected chi connectivity index (χ4v) is 1.59. The monoisotopic (exact) mass is 197 g/mol. The number of nitrogens with one attached hydrogen (secondary N) is 1. The van der Waals surface area contributed by atoms with Crippen LogP contribution in [0.15, 0.2) is 12.7 Å². The quantitative estimate of drug-likeness (QED) is 0.554. The number of hydrogen-bond acceptors (Lipinski definition) is 2. The molecule has 0 radical (unpaired) electrons. The average molecular weight is 197 g/mol. The van der Waals surface area contributed by atoms with Crippen molar-refractivity contribution in [1.82, 2.24) is 5.32 Å². The number of carbonyl (C=O) groups is 2. The highest BCUT2D eigenvalue weighted by atomic mass is 16.2. The smallest absolute Gasteiger partial charge is 0.230 e. The van der Waals surface area contributed by atoms with Gasteiger partial charge in [-0.1, -0.05) is 26.8 Å². The van der Waals surface area contributed by atoms with E-state index in [1.54, 1.807) is 6.08 Å². The Morgan fingerprint density at radius 2 is 1.79 bits per heavy atom. The van der Waals surface area contributed by atoms with Crippen molar-refractivity contribution >= 4 is 11.8 Å². The van der Waals surface area contributed by atoms with Crippen molar-refractivity contribution in [2.45, 2.75) is 33.6 Å². The number of allylic oxidation sites excluding steroid dienone is 1. The summed E-state index contributed by atoms with van der Waals surface area (Å²) in [4.78, 5) is 22.3. The van der Waals surface area contributed by atoms with Crippen LogP contribution >= 0.6 is 0 Å². The van der Waals surface area contributed by atoms with E-state index in [0.29, 0.717) is 6.42 Å². The third-order valence-corrected chi connectivity index (χ3v) is 2.27. The maximum Gasteiger partial charge on any atom is 0.230 e. The highest BCUT2D eigenvalue weighted by molar-refractivity contribution is 6.05. The Balaban J connectivity index is 0.000000791. The third-order valence-electron chi connectivity index (χ3n) is 2.27. The van der Waals surface area contributed by atoms with Gasteiger partial charge in [-0.05, 0) is 12.8 Å². The van der Waals surface area contributed by atoms with Crippen LogP contribution in [0.25, 0.3) is 0 Å². The van der Waals surface area contributed by atoms with Gasteiger partial charge in [0.15, 0.2) is 0 Å². The summed E-state index contributed by atoms with van der Waals surface area (Å²) in [5.74, 6) is -0.600. The van der Waals surface area contributed by atoms with Gasteiger partial charge >= 0.3 is 0 Å². The normalized spacial score (nSPS) is 25.1. The minimum Gasteiger partial charge on any atom is -0.296 e. The molecule has 2 atom stereocenters. The first-order valence-electron chi connectivity index (χ1n) is 5.16. The number of hydrogen-bond donors (Lipinski definition) is 1. The van der Waals surface area contributed by atoms with Crippen LogP contribution in [0.3, 0.4) is 0 Å². The summed E-state index contributed by atoms with van der Waals surface area (Å²) in [6, 6.07) is 0. The molecular formula is C11H19NO2. The second kappa shape index (κ2) is 6.35. The van der Waals surface area contributed by atoms with E-state index in [0.717, 1.165) is 6.42 Å². The van der Waals surface area contributed by atoms with Crippen molar-refractivity contribution in [1.29, 1.82) is 0 Å². The predicted octanol–water partition coefficient (Wildman–Crippen LogP) is 1.89. The maximum atomic E-state index is 11.2. The first-order valence-corrected chi connectivity index (χ1v) is 5.16. The van der Waals surface area contributed by atoms with Gasteiger partial charge in [-0.2, -0.15) is 0 Å². The van der Waals surface area contributed by atoms with Crippen LogP contribution < -0.4 is 5.32 Å². The molecule has 1 fully saturated rings. The molecule has 1 heterocycles. The van der Waals surface area contributed by atoms with Gasteiger partial charge in [-0.25, -0.2) is 0 Å². The van der Waals surface area contributed by atoms with Crippen molar-refractivity contribution in [2.24, 2.45) is 11.8 Å². The van der Waals surface area contributed by atoms with E-state index in [4.69, 9.17) is 0 Å². The molecule has 0 aromatic carbocycles. The second-order valence-corrected chi connectivity index (χ2v) is 3.00. The molecule has 0 aromatic rings. The largest absolute Gasteiger partial charge is 0.296 e. The standard InChI is InChI=1S/C9H13NO2.C2H6/c1-3-5-7-6(4-2)8(11)10-9(7)12;1-2/h3,6-7H,1,4-5H2,2H3,(H,10,11,12);1-2H3. The Bertz CT molecular complexity index is 223. The molecule has 3 nitrogen and oxygen atoms in total. The van der Waals surface area contributed by atoms with Crippen LogP contribution in [0, 0.1) is 11.8 Å². The van der Waals surface area contributed by atoms with Gasteiger partial charge in [0.25, 0.3) is 0 Å². The number of amides is 2. The van der Waals surface area contributed by atoms with E-state index < -0.39 is 0 Å². The molecule has 1 rings (SSSR count). The first kappa shape index (κ1) is 12.9. The molecule has 80 valence electrons. The Labute approximate surface area is 85.6 Å². The van der Waals surface area contributed by atoms with Crippen LogP contribution in [0.4, 0.5) is 0 Å². The summed E-state index contributed by atoms with van der Waals surface area (Å²) in [5.41, 5.74) is 0. The van der Waals surface area contributed by atoms with Gasteiger partial charge in [0, 0.05) is 5.92 Å². The van der Waals surface area contributed by atoms with Crippen LogP contribution in [-0.4, -0.2) is 11.8 Å². The van der Waals surface area contributed by atoms with Gasteiger partial charge in [0.2, 0.25) is 11.8 Å². The van der Waals surface area contributed by atoms with Crippen molar-refractivity contribution in [2.75, 3.05) is 0 Å². The molecule has 3 heteroatoms. The Morgan fingerprint density at radius 3 is 2.21 bits per heavy atom. The molecule has 2 unspecified atom stereocenters. The molecular weight excluding hydrogens is 178 g/mol. The minimum absolute atomic E-state index is 0.130. The summed E-state index contributed by atoms with van der Waals surface area (Å²) < 4.78 is 0. The summed E-state index contributed by atoms with van der Waals surface area (Å²) in [6.07, 6.45) is 3.00. The zero-order chi connectivity index (χ0) is 11.1. The van der Waals surface area contributed by atoms with Crippen LogP contribution in [0.2, 0.25) is 0 Å². The fourth-order valence-electron chi connectivity index (χ4n) is 1.59. The average Bonchev–Trinajstić information content (AvgIpc) is 2.45. The molecule has 0 spiro atoms. The zero-order valence-corrected chi connectivity index (χ0v) is 9.17. The van der Waals surface area contributed by atoms with E-state index >= 15 is 0 Å². The summed E-state index contributed by atoms with van der Waals surface area (Å²) in [7, 11) is 0. The minimum atomic E-state index is -0.181. The SMILES string of the molecule is C=CCC1C(=O)NC(=O)C1CC.CC. The number of carbonyl (C=O) groups excluding carboxylic acids is 2. The Morgan fingerprint density at radius 1 is 1.29 bits per heavy atom. The lowest BCUT2D eigenvalue weighted by atomic mass is 9.90. The molecule has 1 saturated heterocycles. The van der Waals surface area contributed by atoms with Crippen molar-refractivity contribution in [3.05, 3.63) is 12.7 Å². The molecule has 1 aliphatic heterocycles. The van der Waals surface area contributed by atoms with Gasteiger partial charge < -0.3 is 0 Å². The molecule has 14 heavy (non-hydrogen) atoms. The topological polar surface area (TPSA) is 46.2 Å². The van der Waals surface area contributed by atoms with Crippen LogP contribution in [0.5, 0.6) is 0 Å². The molecule has 1 N–H and O–H groups in total. The van der Waals surface area contributed by atoms with E-state index in [9.17, 15) is 9.59 Å². The third kappa shape index (κ3) is 2.69. The van der Waals surface area contributed by atoms with Gasteiger partial charge in [0.05, 0.1) is 5.92 Å². The fraction of sp³-hybridized carbons (Fsp3) is 0.636. The molecule has 1 aliphatic rings. The summed E-state index contributed by atoms with van der Waals surface area (Å²) in [6.45, 7) is 9.48. The number of imide groups is 1. The van der Waals surface area contributed by atoms with Crippen LogP contribution in [-0.2, 0) is 9.59 Å². The van der Waals surface area contributed by atoms with Crippen molar-refractivity contribution < 1.29 is 9.59 Å². The highest BCUT2D eigenvalue weighted by Gasteiger charge is 2.38. The molecule has 2 amide bonds. The lowest BCUT2D eigenvalue weighted by Gasteiger charge is -2.09. The van der Waals surface area contributed by atoms with Crippen molar-refractivity contribution in [3.8, 4) is 0 Å². The van der Waals surface area contributed by atoms with E-state index in [1.165, 1.54) is 0 Å². The number of rotatable bonds is 3. The molecule has 0 aromatic heterocycles. The Hall–Kier alpha value is -1.12. The van der Waals surface area contributed by atoms with Crippen LogP contribution in [0.1, 0.15) is 33.6 Å². The second-order valence-electron chi connectivity index (χ2n) is 3.00. The van der Waals surface area contributed by atoms with Gasteiger partial charge in [-0.3, -0.25) is 14.9 Å². The van der Waals surface area contributed by atoms with E-state index in [1.807, 2.05) is 20.8 Å². The predicted molar refractivity (Wildman–Crippen MR) is 56.6 cm³/mol. The highest BCUT2D eigenvalue weighted by Crippen LogP contribution is 2.25. The maximum absolute atomic E-state index is 11.2. The summed E-state index contributed by atoms with van der Waals surface area (Å²) in [5, 5.41) is 2.33. The Kier molecular flexibility index (Phi) is 5.84. The molecule has 0 aliphatic carbocycles. The van der Waals surface area contributed by atoms with Gasteiger partial charge in [-0.15, -0.1) is 6.58 Å². The van der Waals surface area contributed by atoms with E-state index in [-0.39, 0.29) is 23.7 Å². The molecule has 0 bridgehead atoms. The van der Waals surface area contributed by atoms with E-state index in [2.05, 4.69) is 11.9 Å². The lowest BCUT2D eigenvalue weighted by Crippen LogP contribution is -2.22. The molecule has 0 saturated carbocycles. The van der Waals surface area contributed by atoms with Crippen molar-refractivity contribution in [3.63, 3.8) is 0 Å². The van der Waals surface area contributed by atoms with Gasteiger partial charge in [0.1, 0.15) is 0 Å². The lowest BCUT2D eigenvalue weighted by molar-refractivity contribution is -0.126. The zero-order valence-electron chi connectivity index (χ0n) is 9.17.